The molecule has 3 heterocycles. The highest BCUT2D eigenvalue weighted by Gasteiger charge is 2.48. The van der Waals surface area contributed by atoms with Crippen LogP contribution in [0.4, 0.5) is 0 Å². The van der Waals surface area contributed by atoms with E-state index in [4.69, 9.17) is 10.5 Å². The Morgan fingerprint density at radius 2 is 2.22 bits per heavy atom. The first kappa shape index (κ1) is 12.9. The van der Waals surface area contributed by atoms with Gasteiger partial charge in [-0.3, -0.25) is 4.90 Å². The van der Waals surface area contributed by atoms with Crippen LogP contribution in [0.15, 0.2) is 0 Å². The topological polar surface area (TPSA) is 50.5 Å². The Balaban J connectivity index is 1.65. The van der Waals surface area contributed by atoms with Gasteiger partial charge in [0.25, 0.3) is 0 Å². The van der Waals surface area contributed by atoms with Crippen LogP contribution in [0.3, 0.4) is 0 Å². The Bertz CT molecular complexity index is 303. The summed E-state index contributed by atoms with van der Waals surface area (Å²) in [7, 11) is 0. The van der Waals surface area contributed by atoms with Gasteiger partial charge in [0.05, 0.1) is 5.60 Å². The molecular weight excluding hydrogens is 226 g/mol. The van der Waals surface area contributed by atoms with Gasteiger partial charge in [0.1, 0.15) is 0 Å². The molecule has 0 saturated carbocycles. The van der Waals surface area contributed by atoms with Crippen LogP contribution in [0.1, 0.15) is 39.0 Å². The molecule has 0 bridgehead atoms. The first-order valence-corrected chi connectivity index (χ1v) is 7.51. The quantitative estimate of drug-likeness (QED) is 0.775. The summed E-state index contributed by atoms with van der Waals surface area (Å²) >= 11 is 0. The summed E-state index contributed by atoms with van der Waals surface area (Å²) in [5, 5.41) is 3.81. The molecule has 3 atom stereocenters. The lowest BCUT2D eigenvalue weighted by Gasteiger charge is -2.38. The first-order valence-electron chi connectivity index (χ1n) is 7.51. The van der Waals surface area contributed by atoms with Crippen molar-refractivity contribution in [2.75, 3.05) is 32.8 Å². The van der Waals surface area contributed by atoms with Crippen LogP contribution in [0.2, 0.25) is 0 Å². The van der Waals surface area contributed by atoms with Crippen LogP contribution in [0.25, 0.3) is 0 Å². The van der Waals surface area contributed by atoms with Gasteiger partial charge in [-0.15, -0.1) is 0 Å². The lowest BCUT2D eigenvalue weighted by molar-refractivity contribution is 0.0127. The van der Waals surface area contributed by atoms with Crippen molar-refractivity contribution >= 4 is 0 Å². The van der Waals surface area contributed by atoms with Crippen LogP contribution in [0.5, 0.6) is 0 Å². The van der Waals surface area contributed by atoms with Crippen molar-refractivity contribution in [2.24, 2.45) is 5.73 Å². The third kappa shape index (κ3) is 2.09. The molecule has 3 aliphatic heterocycles. The van der Waals surface area contributed by atoms with E-state index in [9.17, 15) is 0 Å². The number of nitrogens with two attached hydrogens (primary N) is 1. The summed E-state index contributed by atoms with van der Waals surface area (Å²) in [4.78, 5) is 2.62. The first-order chi connectivity index (χ1) is 8.68. The average Bonchev–Trinajstić information content (AvgIpc) is 3.04. The third-order valence-corrected chi connectivity index (χ3v) is 5.33. The summed E-state index contributed by atoms with van der Waals surface area (Å²) in [5.74, 6) is 0. The molecule has 0 aromatic carbocycles. The van der Waals surface area contributed by atoms with Crippen LogP contribution < -0.4 is 11.1 Å². The summed E-state index contributed by atoms with van der Waals surface area (Å²) in [6, 6.07) is 0.660. The van der Waals surface area contributed by atoms with Gasteiger partial charge in [-0.1, -0.05) is 0 Å². The second-order valence-corrected chi connectivity index (χ2v) is 6.56. The largest absolute Gasteiger partial charge is 0.374 e. The molecule has 3 saturated heterocycles. The maximum absolute atomic E-state index is 6.12. The molecule has 3 unspecified atom stereocenters. The number of rotatable bonds is 4. The van der Waals surface area contributed by atoms with E-state index in [1.807, 2.05) is 0 Å². The molecule has 4 nitrogen and oxygen atoms in total. The zero-order valence-corrected chi connectivity index (χ0v) is 11.6. The van der Waals surface area contributed by atoms with E-state index in [0.29, 0.717) is 6.04 Å². The molecule has 3 N–H and O–H groups in total. The standard InChI is InChI=1S/C14H27N3O/c1-13(5-3-9-18-13)11-16-14(10-15)6-8-17-7-2-4-12(14)17/h12,16H,2-11,15H2,1H3. The van der Waals surface area contributed by atoms with E-state index in [-0.39, 0.29) is 11.1 Å². The number of hydrogen-bond donors (Lipinski definition) is 2. The molecule has 18 heavy (non-hydrogen) atoms. The van der Waals surface area contributed by atoms with Crippen LogP contribution in [-0.2, 0) is 4.74 Å². The van der Waals surface area contributed by atoms with Crippen molar-refractivity contribution in [3.05, 3.63) is 0 Å². The van der Waals surface area contributed by atoms with Gasteiger partial charge >= 0.3 is 0 Å². The van der Waals surface area contributed by atoms with Gasteiger partial charge in [0.15, 0.2) is 0 Å². The minimum atomic E-state index is 0.0359. The number of fused-ring (bicyclic) bond motifs is 1. The molecule has 3 rings (SSSR count). The smallest absolute Gasteiger partial charge is 0.0779 e. The fraction of sp³-hybridized carbons (Fsp3) is 1.00. The van der Waals surface area contributed by atoms with Crippen LogP contribution in [-0.4, -0.2) is 54.9 Å². The predicted octanol–water partition coefficient (Wildman–Crippen LogP) is 0.711. The maximum Gasteiger partial charge on any atom is 0.0779 e. The van der Waals surface area contributed by atoms with Crippen molar-refractivity contribution in [1.82, 2.24) is 10.2 Å². The number of nitrogens with one attached hydrogen (secondary N) is 1. The second kappa shape index (κ2) is 4.75. The Hall–Kier alpha value is -0.160. The van der Waals surface area contributed by atoms with E-state index in [0.717, 1.165) is 19.7 Å². The average molecular weight is 253 g/mol. The van der Waals surface area contributed by atoms with Gasteiger partial charge in [0.2, 0.25) is 0 Å². The van der Waals surface area contributed by atoms with E-state index < -0.39 is 0 Å². The molecule has 0 aliphatic carbocycles. The normalized spacial score (nSPS) is 44.7. The molecule has 3 aliphatic rings. The number of ether oxygens (including phenoxy) is 1. The monoisotopic (exact) mass is 253 g/mol. The van der Waals surface area contributed by atoms with Gasteiger partial charge in [-0.2, -0.15) is 0 Å². The minimum Gasteiger partial charge on any atom is -0.374 e. The highest BCUT2D eigenvalue weighted by atomic mass is 16.5. The molecule has 0 aromatic rings. The number of nitrogens with zero attached hydrogens (tertiary/aromatic N) is 1. The van der Waals surface area contributed by atoms with Gasteiger partial charge in [-0.25, -0.2) is 0 Å². The minimum absolute atomic E-state index is 0.0359. The molecule has 4 heteroatoms. The molecule has 0 aromatic heterocycles. The highest BCUT2D eigenvalue weighted by Crippen LogP contribution is 2.36. The Labute approximate surface area is 110 Å². The lowest BCUT2D eigenvalue weighted by Crippen LogP contribution is -2.60. The van der Waals surface area contributed by atoms with Crippen molar-refractivity contribution in [3.8, 4) is 0 Å². The van der Waals surface area contributed by atoms with Crippen LogP contribution >= 0.6 is 0 Å². The highest BCUT2D eigenvalue weighted by molar-refractivity contribution is 5.09. The molecule has 0 radical (unpaired) electrons. The summed E-state index contributed by atoms with van der Waals surface area (Å²) in [5.41, 5.74) is 6.30. The fourth-order valence-electron chi connectivity index (χ4n) is 4.09. The summed E-state index contributed by atoms with van der Waals surface area (Å²) in [6.07, 6.45) is 6.21. The molecule has 0 spiro atoms. The Morgan fingerprint density at radius 1 is 1.33 bits per heavy atom. The fourth-order valence-corrected chi connectivity index (χ4v) is 4.09. The Kier molecular flexibility index (Phi) is 3.39. The van der Waals surface area contributed by atoms with E-state index in [1.165, 1.54) is 45.2 Å². The zero-order chi connectivity index (χ0) is 12.6. The third-order valence-electron chi connectivity index (χ3n) is 5.33. The summed E-state index contributed by atoms with van der Waals surface area (Å²) < 4.78 is 5.88. The zero-order valence-electron chi connectivity index (χ0n) is 11.6. The van der Waals surface area contributed by atoms with Crippen molar-refractivity contribution < 1.29 is 4.74 Å². The van der Waals surface area contributed by atoms with Crippen molar-refractivity contribution in [2.45, 2.75) is 56.2 Å². The van der Waals surface area contributed by atoms with Gasteiger partial charge in [0, 0.05) is 37.8 Å². The number of hydrogen-bond acceptors (Lipinski definition) is 4. The van der Waals surface area contributed by atoms with Crippen molar-refractivity contribution in [3.63, 3.8) is 0 Å². The summed E-state index contributed by atoms with van der Waals surface area (Å²) in [6.45, 7) is 7.34. The van der Waals surface area contributed by atoms with Crippen molar-refractivity contribution in [1.29, 1.82) is 0 Å². The van der Waals surface area contributed by atoms with Crippen LogP contribution in [0, 0.1) is 0 Å². The van der Waals surface area contributed by atoms with E-state index in [2.05, 4.69) is 17.1 Å². The second-order valence-electron chi connectivity index (χ2n) is 6.56. The molecule has 104 valence electrons. The van der Waals surface area contributed by atoms with Gasteiger partial charge in [-0.05, 0) is 45.6 Å². The van der Waals surface area contributed by atoms with Gasteiger partial charge < -0.3 is 15.8 Å². The lowest BCUT2D eigenvalue weighted by atomic mass is 9.87. The predicted molar refractivity (Wildman–Crippen MR) is 72.6 cm³/mol. The van der Waals surface area contributed by atoms with E-state index >= 15 is 0 Å². The SMILES string of the molecule is CC1(CNC2(CN)CCN3CCCC32)CCCO1. The molecule has 0 amide bonds. The maximum atomic E-state index is 6.12. The molecular formula is C14H27N3O. The Morgan fingerprint density at radius 3 is 2.94 bits per heavy atom. The molecule has 3 fully saturated rings. The van der Waals surface area contributed by atoms with E-state index in [1.54, 1.807) is 0 Å².